The zero-order chi connectivity index (χ0) is 17.7. The predicted molar refractivity (Wildman–Crippen MR) is 99.1 cm³/mol. The minimum atomic E-state index is -3.52. The molecule has 6 nitrogen and oxygen atoms in total. The Kier molecular flexibility index (Phi) is 6.87. The SMILES string of the molecule is O=S(=O)(c1ccc(Br)cc1)N(CCN1CCOCC1)C1CCOCC1. The highest BCUT2D eigenvalue weighted by molar-refractivity contribution is 9.10. The minimum Gasteiger partial charge on any atom is -0.381 e. The average molecular weight is 433 g/mol. The quantitative estimate of drug-likeness (QED) is 0.687. The van der Waals surface area contributed by atoms with E-state index in [1.807, 2.05) is 0 Å². The number of morpholine rings is 1. The van der Waals surface area contributed by atoms with E-state index >= 15 is 0 Å². The molecule has 140 valence electrons. The maximum atomic E-state index is 13.2. The first-order valence-corrected chi connectivity index (χ1v) is 11.0. The van der Waals surface area contributed by atoms with Crippen molar-refractivity contribution < 1.29 is 17.9 Å². The molecule has 2 fully saturated rings. The van der Waals surface area contributed by atoms with E-state index in [0.29, 0.717) is 24.7 Å². The van der Waals surface area contributed by atoms with Gasteiger partial charge in [-0.25, -0.2) is 8.42 Å². The first kappa shape index (κ1) is 19.3. The summed E-state index contributed by atoms with van der Waals surface area (Å²) in [6, 6.07) is 6.89. The van der Waals surface area contributed by atoms with E-state index in [-0.39, 0.29) is 6.04 Å². The Hall–Kier alpha value is -0.510. The lowest BCUT2D eigenvalue weighted by Gasteiger charge is -2.35. The van der Waals surface area contributed by atoms with Crippen LogP contribution in [0.25, 0.3) is 0 Å². The first-order valence-electron chi connectivity index (χ1n) is 8.72. The lowest BCUT2D eigenvalue weighted by atomic mass is 10.1. The number of benzene rings is 1. The molecule has 1 aromatic rings. The van der Waals surface area contributed by atoms with Gasteiger partial charge < -0.3 is 9.47 Å². The van der Waals surface area contributed by atoms with Crippen LogP contribution in [0.5, 0.6) is 0 Å². The summed E-state index contributed by atoms with van der Waals surface area (Å²) in [6.07, 6.45) is 1.50. The van der Waals surface area contributed by atoms with Crippen LogP contribution < -0.4 is 0 Å². The van der Waals surface area contributed by atoms with Gasteiger partial charge >= 0.3 is 0 Å². The molecule has 2 heterocycles. The fourth-order valence-electron chi connectivity index (χ4n) is 3.28. The van der Waals surface area contributed by atoms with Crippen molar-refractivity contribution in [3.63, 3.8) is 0 Å². The van der Waals surface area contributed by atoms with Crippen LogP contribution in [0.15, 0.2) is 33.6 Å². The number of nitrogens with zero attached hydrogens (tertiary/aromatic N) is 2. The first-order chi connectivity index (χ1) is 12.1. The highest BCUT2D eigenvalue weighted by Gasteiger charge is 2.32. The zero-order valence-electron chi connectivity index (χ0n) is 14.3. The number of halogens is 1. The smallest absolute Gasteiger partial charge is 0.243 e. The Morgan fingerprint density at radius 2 is 1.64 bits per heavy atom. The molecule has 2 aliphatic rings. The molecule has 25 heavy (non-hydrogen) atoms. The molecule has 0 saturated carbocycles. The van der Waals surface area contributed by atoms with Gasteiger partial charge in [-0.15, -0.1) is 0 Å². The molecule has 0 amide bonds. The molecule has 3 rings (SSSR count). The highest BCUT2D eigenvalue weighted by Crippen LogP contribution is 2.24. The fraction of sp³-hybridized carbons (Fsp3) is 0.647. The third-order valence-electron chi connectivity index (χ3n) is 4.76. The van der Waals surface area contributed by atoms with Crippen molar-refractivity contribution in [1.82, 2.24) is 9.21 Å². The summed E-state index contributed by atoms with van der Waals surface area (Å²) in [5, 5.41) is 0. The van der Waals surface area contributed by atoms with Gasteiger partial charge in [0.25, 0.3) is 0 Å². The molecular weight excluding hydrogens is 408 g/mol. The van der Waals surface area contributed by atoms with Gasteiger partial charge in [-0.1, -0.05) is 15.9 Å². The Balaban J connectivity index is 1.77. The van der Waals surface area contributed by atoms with Crippen molar-refractivity contribution >= 4 is 26.0 Å². The second-order valence-electron chi connectivity index (χ2n) is 6.37. The molecular formula is C17H25BrN2O4S. The zero-order valence-corrected chi connectivity index (χ0v) is 16.7. The molecule has 1 aromatic carbocycles. The van der Waals surface area contributed by atoms with Crippen LogP contribution in [-0.2, 0) is 19.5 Å². The fourth-order valence-corrected chi connectivity index (χ4v) is 5.22. The van der Waals surface area contributed by atoms with Crippen molar-refractivity contribution in [2.45, 2.75) is 23.8 Å². The summed E-state index contributed by atoms with van der Waals surface area (Å²) >= 11 is 3.37. The summed E-state index contributed by atoms with van der Waals surface area (Å²) in [7, 11) is -3.52. The van der Waals surface area contributed by atoms with Crippen LogP contribution in [0.4, 0.5) is 0 Å². The summed E-state index contributed by atoms with van der Waals surface area (Å²) in [4.78, 5) is 2.62. The molecule has 2 aliphatic heterocycles. The molecule has 0 aromatic heterocycles. The van der Waals surface area contributed by atoms with Gasteiger partial charge in [0, 0.05) is 49.9 Å². The lowest BCUT2D eigenvalue weighted by molar-refractivity contribution is 0.0291. The average Bonchev–Trinajstić information content (AvgIpc) is 2.64. The molecule has 0 radical (unpaired) electrons. The van der Waals surface area contributed by atoms with E-state index in [2.05, 4.69) is 20.8 Å². The van der Waals surface area contributed by atoms with E-state index in [9.17, 15) is 8.42 Å². The largest absolute Gasteiger partial charge is 0.381 e. The van der Waals surface area contributed by atoms with Crippen LogP contribution in [0.1, 0.15) is 12.8 Å². The third kappa shape index (κ3) is 5.02. The van der Waals surface area contributed by atoms with Gasteiger partial charge in [0.2, 0.25) is 10.0 Å². The maximum Gasteiger partial charge on any atom is 0.243 e. The van der Waals surface area contributed by atoms with Gasteiger partial charge in [-0.3, -0.25) is 4.90 Å². The van der Waals surface area contributed by atoms with Crippen LogP contribution in [0, 0.1) is 0 Å². The number of ether oxygens (including phenoxy) is 2. The molecule has 0 atom stereocenters. The Morgan fingerprint density at radius 1 is 1.04 bits per heavy atom. The number of sulfonamides is 1. The van der Waals surface area contributed by atoms with E-state index in [4.69, 9.17) is 9.47 Å². The summed E-state index contributed by atoms with van der Waals surface area (Å²) in [5.74, 6) is 0. The van der Waals surface area contributed by atoms with E-state index in [1.165, 1.54) is 0 Å². The molecule has 8 heteroatoms. The van der Waals surface area contributed by atoms with E-state index in [1.54, 1.807) is 28.6 Å². The molecule has 0 aliphatic carbocycles. The number of hydrogen-bond donors (Lipinski definition) is 0. The van der Waals surface area contributed by atoms with Gasteiger partial charge in [-0.2, -0.15) is 4.31 Å². The molecule has 0 bridgehead atoms. The molecule has 0 unspecified atom stereocenters. The molecule has 2 saturated heterocycles. The Labute approximate surface area is 158 Å². The number of hydrogen-bond acceptors (Lipinski definition) is 5. The second-order valence-corrected chi connectivity index (χ2v) is 9.17. The van der Waals surface area contributed by atoms with Crippen molar-refractivity contribution in [3.8, 4) is 0 Å². The van der Waals surface area contributed by atoms with Gasteiger partial charge in [0.1, 0.15) is 0 Å². The predicted octanol–water partition coefficient (Wildman–Crippen LogP) is 1.95. The Bertz CT molecular complexity index is 641. The van der Waals surface area contributed by atoms with E-state index < -0.39 is 10.0 Å². The van der Waals surface area contributed by atoms with Crippen molar-refractivity contribution in [1.29, 1.82) is 0 Å². The normalized spacial score (nSPS) is 20.9. The lowest BCUT2D eigenvalue weighted by Crippen LogP contribution is -2.48. The molecule has 0 N–H and O–H groups in total. The highest BCUT2D eigenvalue weighted by atomic mass is 79.9. The van der Waals surface area contributed by atoms with Gasteiger partial charge in [0.15, 0.2) is 0 Å². The van der Waals surface area contributed by atoms with Crippen LogP contribution in [0.3, 0.4) is 0 Å². The summed E-state index contributed by atoms with van der Waals surface area (Å²) in [5.41, 5.74) is 0. The topological polar surface area (TPSA) is 59.1 Å². The molecule has 0 spiro atoms. The Morgan fingerprint density at radius 3 is 2.28 bits per heavy atom. The van der Waals surface area contributed by atoms with Crippen molar-refractivity contribution in [2.75, 3.05) is 52.6 Å². The standard InChI is InChI=1S/C17H25BrN2O4S/c18-15-1-3-17(4-2-15)25(21,22)20(16-5-11-23-12-6-16)8-7-19-9-13-24-14-10-19/h1-4,16H,5-14H2. The van der Waals surface area contributed by atoms with Crippen LogP contribution in [0.2, 0.25) is 0 Å². The monoisotopic (exact) mass is 432 g/mol. The minimum absolute atomic E-state index is 0.00318. The number of rotatable bonds is 6. The van der Waals surface area contributed by atoms with Crippen molar-refractivity contribution in [2.24, 2.45) is 0 Å². The van der Waals surface area contributed by atoms with Gasteiger partial charge in [0.05, 0.1) is 18.1 Å². The van der Waals surface area contributed by atoms with Crippen LogP contribution >= 0.6 is 15.9 Å². The maximum absolute atomic E-state index is 13.2. The summed E-state index contributed by atoms with van der Waals surface area (Å²) < 4.78 is 39.8. The third-order valence-corrected chi connectivity index (χ3v) is 7.25. The van der Waals surface area contributed by atoms with Gasteiger partial charge in [-0.05, 0) is 37.1 Å². The summed E-state index contributed by atoms with van der Waals surface area (Å²) in [6.45, 7) is 5.63. The van der Waals surface area contributed by atoms with Crippen molar-refractivity contribution in [3.05, 3.63) is 28.7 Å². The van der Waals surface area contributed by atoms with Crippen LogP contribution in [-0.4, -0.2) is 76.3 Å². The van der Waals surface area contributed by atoms with E-state index in [0.717, 1.165) is 50.2 Å². The second kappa shape index (κ2) is 8.92.